The van der Waals surface area contributed by atoms with Crippen LogP contribution in [0.5, 0.6) is 0 Å². The molecule has 3 rings (SSSR count). The van der Waals surface area contributed by atoms with Gasteiger partial charge >= 0.3 is 5.76 Å². The summed E-state index contributed by atoms with van der Waals surface area (Å²) in [6.07, 6.45) is -1.04. The van der Waals surface area contributed by atoms with Crippen molar-refractivity contribution in [2.45, 2.75) is 12.6 Å². The van der Waals surface area contributed by atoms with Gasteiger partial charge in [-0.25, -0.2) is 9.18 Å². The van der Waals surface area contributed by atoms with E-state index in [9.17, 15) is 14.3 Å². The molecule has 0 saturated heterocycles. The number of thiophene rings is 1. The van der Waals surface area contributed by atoms with Gasteiger partial charge in [-0.2, -0.15) is 4.68 Å². The van der Waals surface area contributed by atoms with Gasteiger partial charge in [-0.1, -0.05) is 18.2 Å². The first-order chi connectivity index (χ1) is 10.1. The number of nitrogens with zero attached hydrogens (tertiary/aromatic N) is 2. The molecule has 0 amide bonds. The molecule has 108 valence electrons. The van der Waals surface area contributed by atoms with Crippen molar-refractivity contribution in [3.8, 4) is 10.8 Å². The molecule has 21 heavy (non-hydrogen) atoms. The van der Waals surface area contributed by atoms with E-state index >= 15 is 0 Å². The molecule has 0 aliphatic carbocycles. The van der Waals surface area contributed by atoms with E-state index in [1.54, 1.807) is 12.1 Å². The molecule has 0 spiro atoms. The van der Waals surface area contributed by atoms with Crippen LogP contribution < -0.4 is 5.76 Å². The zero-order chi connectivity index (χ0) is 14.8. The first-order valence-corrected chi connectivity index (χ1v) is 7.07. The lowest BCUT2D eigenvalue weighted by Crippen LogP contribution is -2.20. The Kier molecular flexibility index (Phi) is 3.68. The predicted octanol–water partition coefficient (Wildman–Crippen LogP) is 2.44. The van der Waals surface area contributed by atoms with Gasteiger partial charge in [0.1, 0.15) is 5.82 Å². The number of aromatic nitrogens is 2. The zero-order valence-corrected chi connectivity index (χ0v) is 11.6. The van der Waals surface area contributed by atoms with Crippen molar-refractivity contribution in [1.29, 1.82) is 0 Å². The van der Waals surface area contributed by atoms with Gasteiger partial charge < -0.3 is 9.52 Å². The van der Waals surface area contributed by atoms with Gasteiger partial charge in [-0.3, -0.25) is 0 Å². The number of hydrogen-bond acceptors (Lipinski definition) is 5. The molecule has 0 fully saturated rings. The smallest absolute Gasteiger partial charge is 0.387 e. The fourth-order valence-corrected chi connectivity index (χ4v) is 2.55. The molecule has 2 aromatic heterocycles. The molecule has 0 unspecified atom stereocenters. The summed E-state index contributed by atoms with van der Waals surface area (Å²) in [4.78, 5) is 12.5. The summed E-state index contributed by atoms with van der Waals surface area (Å²) >= 11 is 1.39. The van der Waals surface area contributed by atoms with Crippen LogP contribution in [-0.4, -0.2) is 14.9 Å². The number of benzene rings is 1. The van der Waals surface area contributed by atoms with Crippen LogP contribution in [-0.2, 0) is 6.54 Å². The molecule has 0 aliphatic heterocycles. The highest BCUT2D eigenvalue weighted by molar-refractivity contribution is 7.13. The Morgan fingerprint density at radius 2 is 2.24 bits per heavy atom. The lowest BCUT2D eigenvalue weighted by Gasteiger charge is -2.09. The molecule has 3 aromatic rings. The molecule has 1 N–H and O–H groups in total. The molecule has 2 heterocycles. The molecule has 0 bridgehead atoms. The highest BCUT2D eigenvalue weighted by atomic mass is 32.1. The van der Waals surface area contributed by atoms with Gasteiger partial charge in [0.25, 0.3) is 5.89 Å². The van der Waals surface area contributed by atoms with Crippen LogP contribution in [0.4, 0.5) is 4.39 Å². The second-order valence-electron chi connectivity index (χ2n) is 4.40. The van der Waals surface area contributed by atoms with E-state index in [1.165, 1.54) is 29.5 Å². The first-order valence-electron chi connectivity index (χ1n) is 6.19. The molecular weight excluding hydrogens is 295 g/mol. The van der Waals surface area contributed by atoms with Crippen molar-refractivity contribution >= 4 is 11.3 Å². The molecule has 0 saturated carbocycles. The fraction of sp³-hybridized carbons (Fsp3) is 0.143. The summed E-state index contributed by atoms with van der Waals surface area (Å²) < 4.78 is 19.2. The Labute approximate surface area is 122 Å². The van der Waals surface area contributed by atoms with Crippen LogP contribution in [0.1, 0.15) is 11.7 Å². The standard InChI is InChI=1S/C14H11FN2O3S/c15-10-4-1-3-9(7-10)11(18)8-17-14(19)20-13(16-17)12-5-2-6-21-12/h1-7,11,18H,8H2/t11-/m1/s1. The van der Waals surface area contributed by atoms with Crippen molar-refractivity contribution < 1.29 is 13.9 Å². The van der Waals surface area contributed by atoms with Crippen molar-refractivity contribution in [3.63, 3.8) is 0 Å². The third-order valence-electron chi connectivity index (χ3n) is 2.92. The minimum absolute atomic E-state index is 0.100. The third kappa shape index (κ3) is 2.93. The summed E-state index contributed by atoms with van der Waals surface area (Å²) in [6.45, 7) is -0.100. The highest BCUT2D eigenvalue weighted by Gasteiger charge is 2.15. The minimum atomic E-state index is -1.04. The Morgan fingerprint density at radius 3 is 2.95 bits per heavy atom. The van der Waals surface area contributed by atoms with E-state index < -0.39 is 17.7 Å². The first kappa shape index (κ1) is 13.7. The Bertz CT molecular complexity index is 795. The van der Waals surface area contributed by atoms with Gasteiger partial charge in [0.15, 0.2) is 0 Å². The van der Waals surface area contributed by atoms with E-state index in [2.05, 4.69) is 5.10 Å². The minimum Gasteiger partial charge on any atom is -0.387 e. The van der Waals surface area contributed by atoms with E-state index in [0.29, 0.717) is 5.56 Å². The second kappa shape index (κ2) is 5.63. The van der Waals surface area contributed by atoms with Gasteiger partial charge in [0.2, 0.25) is 0 Å². The van der Waals surface area contributed by atoms with Crippen LogP contribution in [0.3, 0.4) is 0 Å². The Balaban J connectivity index is 1.83. The maximum Gasteiger partial charge on any atom is 0.437 e. The second-order valence-corrected chi connectivity index (χ2v) is 5.35. The number of halogens is 1. The number of aliphatic hydroxyl groups is 1. The van der Waals surface area contributed by atoms with Crippen LogP contribution in [0.2, 0.25) is 0 Å². The largest absolute Gasteiger partial charge is 0.437 e. The van der Waals surface area contributed by atoms with E-state index in [4.69, 9.17) is 4.42 Å². The van der Waals surface area contributed by atoms with Crippen LogP contribution in [0.15, 0.2) is 51.0 Å². The van der Waals surface area contributed by atoms with Gasteiger partial charge in [-0.15, -0.1) is 16.4 Å². The van der Waals surface area contributed by atoms with Crippen LogP contribution in [0.25, 0.3) is 10.8 Å². The van der Waals surface area contributed by atoms with Gasteiger partial charge in [-0.05, 0) is 29.1 Å². The third-order valence-corrected chi connectivity index (χ3v) is 3.78. The topological polar surface area (TPSA) is 68.3 Å². The normalized spacial score (nSPS) is 12.5. The zero-order valence-electron chi connectivity index (χ0n) is 10.8. The maximum atomic E-state index is 13.1. The van der Waals surface area contributed by atoms with Gasteiger partial charge in [0.05, 0.1) is 17.5 Å². The lowest BCUT2D eigenvalue weighted by atomic mass is 10.1. The average molecular weight is 306 g/mol. The van der Waals surface area contributed by atoms with Crippen LogP contribution >= 0.6 is 11.3 Å². The molecule has 1 aromatic carbocycles. The van der Waals surface area contributed by atoms with Crippen LogP contribution in [0, 0.1) is 5.82 Å². The summed E-state index contributed by atoms with van der Waals surface area (Å²) in [5, 5.41) is 15.9. The number of aliphatic hydroxyl groups excluding tert-OH is 1. The average Bonchev–Trinajstić information content (AvgIpc) is 3.09. The number of rotatable bonds is 4. The SMILES string of the molecule is O=c1oc(-c2cccs2)nn1C[C@@H](O)c1cccc(F)c1. The summed E-state index contributed by atoms with van der Waals surface area (Å²) in [6, 6.07) is 9.18. The van der Waals surface area contributed by atoms with E-state index in [0.717, 1.165) is 9.56 Å². The highest BCUT2D eigenvalue weighted by Crippen LogP contribution is 2.22. The maximum absolute atomic E-state index is 13.1. The monoisotopic (exact) mass is 306 g/mol. The van der Waals surface area contributed by atoms with Crippen molar-refractivity contribution in [2.75, 3.05) is 0 Å². The summed E-state index contributed by atoms with van der Waals surface area (Å²) in [7, 11) is 0. The molecule has 7 heteroatoms. The van der Waals surface area contributed by atoms with Crippen molar-refractivity contribution in [3.05, 3.63) is 63.7 Å². The lowest BCUT2D eigenvalue weighted by molar-refractivity contribution is 0.148. The number of hydrogen-bond donors (Lipinski definition) is 1. The summed E-state index contributed by atoms with van der Waals surface area (Å²) in [5.41, 5.74) is 0.377. The molecule has 5 nitrogen and oxygen atoms in total. The Hall–Kier alpha value is -2.25. The predicted molar refractivity (Wildman–Crippen MR) is 75.4 cm³/mol. The Morgan fingerprint density at radius 1 is 1.38 bits per heavy atom. The van der Waals surface area contributed by atoms with E-state index in [1.807, 2.05) is 11.4 Å². The molecule has 1 atom stereocenters. The van der Waals surface area contributed by atoms with E-state index in [-0.39, 0.29) is 12.4 Å². The quantitative estimate of drug-likeness (QED) is 0.804. The molecular formula is C14H11FN2O3S. The van der Waals surface area contributed by atoms with Crippen molar-refractivity contribution in [1.82, 2.24) is 9.78 Å². The molecule has 0 aliphatic rings. The fourth-order valence-electron chi connectivity index (χ4n) is 1.90. The summed E-state index contributed by atoms with van der Waals surface area (Å²) in [5.74, 6) is -0.895. The molecule has 0 radical (unpaired) electrons. The van der Waals surface area contributed by atoms with Crippen molar-refractivity contribution in [2.24, 2.45) is 0 Å². The van der Waals surface area contributed by atoms with Gasteiger partial charge in [0, 0.05) is 0 Å².